The molecule has 2 N–H and O–H groups in total. The van der Waals surface area contributed by atoms with Gasteiger partial charge in [-0.25, -0.2) is 0 Å². The van der Waals surface area contributed by atoms with Gasteiger partial charge < -0.3 is 5.32 Å². The van der Waals surface area contributed by atoms with Crippen LogP contribution in [0.2, 0.25) is 0 Å². The summed E-state index contributed by atoms with van der Waals surface area (Å²) >= 11 is 0. The first-order valence-electron chi connectivity index (χ1n) is 7.42. The molecule has 0 radical (unpaired) electrons. The van der Waals surface area contributed by atoms with Crippen molar-refractivity contribution in [2.24, 2.45) is 11.8 Å². The highest BCUT2D eigenvalue weighted by Crippen LogP contribution is 2.31. The second kappa shape index (κ2) is 5.24. The minimum Gasteiger partial charge on any atom is -0.382 e. The van der Waals surface area contributed by atoms with Crippen molar-refractivity contribution in [1.82, 2.24) is 10.2 Å². The van der Waals surface area contributed by atoms with Crippen LogP contribution in [0.4, 0.5) is 5.69 Å². The summed E-state index contributed by atoms with van der Waals surface area (Å²) in [4.78, 5) is 0. The standard InChI is InChI=1S/C16H23N3/c1-11(2)12-3-6-14(7-4-12)18-15-8-5-13-10-17-19-16(13)9-15/h5,8-12,14,18H,3-4,6-7H2,1-2H3,(H,17,19). The second-order valence-corrected chi connectivity index (χ2v) is 6.17. The summed E-state index contributed by atoms with van der Waals surface area (Å²) in [5.41, 5.74) is 2.32. The molecule has 1 fully saturated rings. The van der Waals surface area contributed by atoms with Crippen LogP contribution in [0.25, 0.3) is 10.9 Å². The fourth-order valence-corrected chi connectivity index (χ4v) is 3.19. The summed E-state index contributed by atoms with van der Waals surface area (Å²) in [6, 6.07) is 7.08. The number of hydrogen-bond donors (Lipinski definition) is 2. The van der Waals surface area contributed by atoms with Crippen molar-refractivity contribution < 1.29 is 0 Å². The highest BCUT2D eigenvalue weighted by atomic mass is 15.1. The van der Waals surface area contributed by atoms with Gasteiger partial charge in [-0.05, 0) is 55.7 Å². The van der Waals surface area contributed by atoms with E-state index in [1.807, 2.05) is 6.20 Å². The molecule has 1 aliphatic carbocycles. The van der Waals surface area contributed by atoms with Gasteiger partial charge in [-0.15, -0.1) is 0 Å². The third-order valence-corrected chi connectivity index (χ3v) is 4.53. The van der Waals surface area contributed by atoms with Crippen LogP contribution in [0.15, 0.2) is 24.4 Å². The molecule has 0 atom stereocenters. The molecule has 2 aromatic rings. The summed E-state index contributed by atoms with van der Waals surface area (Å²) in [6.45, 7) is 4.70. The van der Waals surface area contributed by atoms with E-state index >= 15 is 0 Å². The van der Waals surface area contributed by atoms with E-state index in [1.54, 1.807) is 0 Å². The Morgan fingerprint density at radius 3 is 2.74 bits per heavy atom. The van der Waals surface area contributed by atoms with Crippen molar-refractivity contribution in [2.45, 2.75) is 45.6 Å². The molecule has 0 saturated heterocycles. The van der Waals surface area contributed by atoms with E-state index in [1.165, 1.54) is 36.8 Å². The van der Waals surface area contributed by atoms with Gasteiger partial charge in [-0.1, -0.05) is 13.8 Å². The smallest absolute Gasteiger partial charge is 0.0670 e. The maximum absolute atomic E-state index is 4.07. The van der Waals surface area contributed by atoms with Crippen molar-refractivity contribution in [3.8, 4) is 0 Å². The molecule has 1 aromatic heterocycles. The van der Waals surface area contributed by atoms with Crippen LogP contribution in [0.3, 0.4) is 0 Å². The van der Waals surface area contributed by atoms with Crippen molar-refractivity contribution in [3.05, 3.63) is 24.4 Å². The van der Waals surface area contributed by atoms with Gasteiger partial charge in [-0.2, -0.15) is 5.10 Å². The summed E-state index contributed by atoms with van der Waals surface area (Å²) in [5, 5.41) is 11.9. The minimum absolute atomic E-state index is 0.635. The minimum atomic E-state index is 0.635. The summed E-state index contributed by atoms with van der Waals surface area (Å²) in [6.07, 6.45) is 7.18. The van der Waals surface area contributed by atoms with Crippen LogP contribution in [-0.2, 0) is 0 Å². The van der Waals surface area contributed by atoms with Crippen LogP contribution in [0.5, 0.6) is 0 Å². The number of nitrogens with zero attached hydrogens (tertiary/aromatic N) is 1. The molecule has 102 valence electrons. The monoisotopic (exact) mass is 257 g/mol. The Morgan fingerprint density at radius 2 is 2.00 bits per heavy atom. The third-order valence-electron chi connectivity index (χ3n) is 4.53. The highest BCUT2D eigenvalue weighted by Gasteiger charge is 2.22. The van der Waals surface area contributed by atoms with Crippen LogP contribution in [-0.4, -0.2) is 16.2 Å². The topological polar surface area (TPSA) is 40.7 Å². The molecule has 0 aliphatic heterocycles. The molecule has 3 heteroatoms. The van der Waals surface area contributed by atoms with Gasteiger partial charge in [-0.3, -0.25) is 5.10 Å². The van der Waals surface area contributed by atoms with Crippen LogP contribution in [0.1, 0.15) is 39.5 Å². The SMILES string of the molecule is CC(C)C1CCC(Nc2ccc3cn[nH]c3c2)CC1. The molecule has 1 aromatic carbocycles. The van der Waals surface area contributed by atoms with Crippen LogP contribution >= 0.6 is 0 Å². The molecule has 3 nitrogen and oxygen atoms in total. The normalized spacial score (nSPS) is 23.9. The fourth-order valence-electron chi connectivity index (χ4n) is 3.19. The van der Waals surface area contributed by atoms with Crippen LogP contribution < -0.4 is 5.32 Å². The predicted octanol–water partition coefficient (Wildman–Crippen LogP) is 4.19. The van der Waals surface area contributed by atoms with E-state index < -0.39 is 0 Å². The summed E-state index contributed by atoms with van der Waals surface area (Å²) in [7, 11) is 0. The zero-order chi connectivity index (χ0) is 13.2. The zero-order valence-corrected chi connectivity index (χ0v) is 11.8. The van der Waals surface area contributed by atoms with Gasteiger partial charge in [0.2, 0.25) is 0 Å². The Balaban J connectivity index is 1.62. The quantitative estimate of drug-likeness (QED) is 0.865. The van der Waals surface area contributed by atoms with Crippen molar-refractivity contribution in [2.75, 3.05) is 5.32 Å². The molecule has 19 heavy (non-hydrogen) atoms. The number of benzene rings is 1. The van der Waals surface area contributed by atoms with Crippen molar-refractivity contribution in [3.63, 3.8) is 0 Å². The van der Waals surface area contributed by atoms with Gasteiger partial charge in [0.25, 0.3) is 0 Å². The molecule has 0 unspecified atom stereocenters. The summed E-state index contributed by atoms with van der Waals surface area (Å²) in [5.74, 6) is 1.76. The number of anilines is 1. The Bertz CT molecular complexity index is 536. The van der Waals surface area contributed by atoms with Crippen LogP contribution in [0, 0.1) is 11.8 Å². The molecular formula is C16H23N3. The number of aromatic nitrogens is 2. The van der Waals surface area contributed by atoms with Crippen molar-refractivity contribution >= 4 is 16.6 Å². The maximum atomic E-state index is 4.07. The molecule has 0 amide bonds. The van der Waals surface area contributed by atoms with Crippen molar-refractivity contribution in [1.29, 1.82) is 0 Å². The number of fused-ring (bicyclic) bond motifs is 1. The van der Waals surface area contributed by atoms with E-state index in [2.05, 4.69) is 47.6 Å². The van der Waals surface area contributed by atoms with E-state index in [4.69, 9.17) is 0 Å². The lowest BCUT2D eigenvalue weighted by Crippen LogP contribution is -2.27. The van der Waals surface area contributed by atoms with E-state index in [0.717, 1.165) is 17.4 Å². The Labute approximate surface area is 114 Å². The lowest BCUT2D eigenvalue weighted by atomic mass is 9.79. The number of aromatic amines is 1. The Morgan fingerprint density at radius 1 is 1.21 bits per heavy atom. The largest absolute Gasteiger partial charge is 0.382 e. The number of nitrogens with one attached hydrogen (secondary N) is 2. The lowest BCUT2D eigenvalue weighted by Gasteiger charge is -2.31. The number of rotatable bonds is 3. The zero-order valence-electron chi connectivity index (χ0n) is 11.8. The second-order valence-electron chi connectivity index (χ2n) is 6.17. The molecule has 1 saturated carbocycles. The maximum Gasteiger partial charge on any atom is 0.0670 e. The van der Waals surface area contributed by atoms with Gasteiger partial charge >= 0.3 is 0 Å². The van der Waals surface area contributed by atoms with E-state index in [-0.39, 0.29) is 0 Å². The first-order valence-corrected chi connectivity index (χ1v) is 7.42. The lowest BCUT2D eigenvalue weighted by molar-refractivity contribution is 0.267. The van der Waals surface area contributed by atoms with Gasteiger partial charge in [0.05, 0.1) is 11.7 Å². The van der Waals surface area contributed by atoms with Gasteiger partial charge in [0.1, 0.15) is 0 Å². The Hall–Kier alpha value is -1.51. The third kappa shape index (κ3) is 2.75. The first kappa shape index (κ1) is 12.5. The van der Waals surface area contributed by atoms with E-state index in [9.17, 15) is 0 Å². The molecule has 3 rings (SSSR count). The summed E-state index contributed by atoms with van der Waals surface area (Å²) < 4.78 is 0. The molecular weight excluding hydrogens is 234 g/mol. The number of H-pyrrole nitrogens is 1. The molecule has 1 aliphatic rings. The van der Waals surface area contributed by atoms with E-state index in [0.29, 0.717) is 6.04 Å². The Kier molecular flexibility index (Phi) is 3.45. The molecule has 0 bridgehead atoms. The number of hydrogen-bond acceptors (Lipinski definition) is 2. The highest BCUT2D eigenvalue weighted by molar-refractivity contribution is 5.81. The average Bonchev–Trinajstić information content (AvgIpc) is 2.87. The van der Waals surface area contributed by atoms with Gasteiger partial charge in [0, 0.05) is 17.1 Å². The molecule has 0 spiro atoms. The molecule has 1 heterocycles. The van der Waals surface area contributed by atoms with Gasteiger partial charge in [0.15, 0.2) is 0 Å². The predicted molar refractivity (Wildman–Crippen MR) is 80.3 cm³/mol. The fraction of sp³-hybridized carbons (Fsp3) is 0.562. The first-order chi connectivity index (χ1) is 9.22. The average molecular weight is 257 g/mol.